The molecule has 1 aromatic rings. The molecule has 1 aliphatic carbocycles. The molecule has 0 unspecified atom stereocenters. The third kappa shape index (κ3) is 2.75. The van der Waals surface area contributed by atoms with Gasteiger partial charge in [0.15, 0.2) is 0 Å². The highest BCUT2D eigenvalue weighted by Crippen LogP contribution is 2.47. The molecule has 1 fully saturated rings. The van der Waals surface area contributed by atoms with Crippen LogP contribution < -0.4 is 0 Å². The molecule has 1 saturated carbocycles. The summed E-state index contributed by atoms with van der Waals surface area (Å²) in [5, 5.41) is 15.9. The summed E-state index contributed by atoms with van der Waals surface area (Å²) in [6, 6.07) is 0. The van der Waals surface area contributed by atoms with Gasteiger partial charge in [0.1, 0.15) is 5.60 Å². The lowest BCUT2D eigenvalue weighted by Gasteiger charge is -2.42. The van der Waals surface area contributed by atoms with Gasteiger partial charge in [0, 0.05) is 6.54 Å². The molecule has 0 atom stereocenters. The van der Waals surface area contributed by atoms with Gasteiger partial charge in [-0.3, -0.25) is 4.68 Å². The van der Waals surface area contributed by atoms with E-state index in [1.54, 1.807) is 6.20 Å². The van der Waals surface area contributed by atoms with Crippen molar-refractivity contribution in [2.24, 2.45) is 11.3 Å². The molecule has 1 N–H and O–H groups in total. The van der Waals surface area contributed by atoms with Crippen LogP contribution in [0.4, 0.5) is 0 Å². The predicted octanol–water partition coefficient (Wildman–Crippen LogP) is 4.37. The molecule has 0 spiro atoms. The molecule has 1 aromatic heterocycles. The molecule has 0 bridgehead atoms. The van der Waals surface area contributed by atoms with E-state index in [0.29, 0.717) is 16.4 Å². The van der Waals surface area contributed by atoms with E-state index in [0.717, 1.165) is 37.9 Å². The Morgan fingerprint density at radius 1 is 1.40 bits per heavy atom. The van der Waals surface area contributed by atoms with Crippen molar-refractivity contribution in [2.75, 3.05) is 0 Å². The maximum atomic E-state index is 11.0. The van der Waals surface area contributed by atoms with Crippen molar-refractivity contribution in [3.8, 4) is 0 Å². The lowest BCUT2D eigenvalue weighted by molar-refractivity contribution is -0.0390. The first-order valence-electron chi connectivity index (χ1n) is 7.78. The molecule has 0 saturated heterocycles. The van der Waals surface area contributed by atoms with Gasteiger partial charge in [-0.1, -0.05) is 38.8 Å². The first-order chi connectivity index (χ1) is 9.34. The molecule has 3 nitrogen and oxygen atoms in total. The zero-order valence-corrected chi connectivity index (χ0v) is 13.9. The van der Waals surface area contributed by atoms with Crippen molar-refractivity contribution in [2.45, 2.75) is 71.9 Å². The fourth-order valence-electron chi connectivity index (χ4n) is 3.47. The SMILES string of the molecule is CCn1ncc(Cl)c1C1(O)CCC(C(C)(C)CC)CC1. The quantitative estimate of drug-likeness (QED) is 0.896. The Labute approximate surface area is 127 Å². The van der Waals surface area contributed by atoms with Gasteiger partial charge in [0.2, 0.25) is 0 Å². The second-order valence-corrected chi connectivity index (χ2v) is 7.21. The minimum absolute atomic E-state index is 0.357. The highest BCUT2D eigenvalue weighted by molar-refractivity contribution is 6.31. The Bertz CT molecular complexity index is 459. The largest absolute Gasteiger partial charge is 0.384 e. The maximum absolute atomic E-state index is 11.0. The number of aromatic nitrogens is 2. The van der Waals surface area contributed by atoms with E-state index in [1.165, 1.54) is 6.42 Å². The number of hydrogen-bond donors (Lipinski definition) is 1. The van der Waals surface area contributed by atoms with Crippen LogP contribution in [0.2, 0.25) is 5.02 Å². The molecule has 0 aliphatic heterocycles. The van der Waals surface area contributed by atoms with Gasteiger partial charge in [-0.05, 0) is 43.9 Å². The van der Waals surface area contributed by atoms with Crippen molar-refractivity contribution in [1.29, 1.82) is 0 Å². The summed E-state index contributed by atoms with van der Waals surface area (Å²) in [6.45, 7) is 9.71. The van der Waals surface area contributed by atoms with E-state index in [9.17, 15) is 5.11 Å². The highest BCUT2D eigenvalue weighted by atomic mass is 35.5. The molecule has 4 heteroatoms. The maximum Gasteiger partial charge on any atom is 0.108 e. The van der Waals surface area contributed by atoms with Gasteiger partial charge >= 0.3 is 0 Å². The summed E-state index contributed by atoms with van der Waals surface area (Å²) < 4.78 is 1.84. The Hall–Kier alpha value is -0.540. The molecule has 114 valence electrons. The van der Waals surface area contributed by atoms with Crippen LogP contribution in [0, 0.1) is 11.3 Å². The van der Waals surface area contributed by atoms with Crippen molar-refractivity contribution in [3.63, 3.8) is 0 Å². The molecule has 1 aliphatic rings. The zero-order chi connectivity index (χ0) is 15.0. The van der Waals surface area contributed by atoms with Crippen LogP contribution >= 0.6 is 11.6 Å². The van der Waals surface area contributed by atoms with E-state index in [4.69, 9.17) is 11.6 Å². The number of halogens is 1. The topological polar surface area (TPSA) is 38.0 Å². The molecular formula is C16H27ClN2O. The van der Waals surface area contributed by atoms with Gasteiger partial charge in [-0.2, -0.15) is 5.10 Å². The average Bonchev–Trinajstić information content (AvgIpc) is 2.81. The summed E-state index contributed by atoms with van der Waals surface area (Å²) in [7, 11) is 0. The molecule has 0 aromatic carbocycles. The molecule has 20 heavy (non-hydrogen) atoms. The number of nitrogens with zero attached hydrogens (tertiary/aromatic N) is 2. The number of aliphatic hydroxyl groups is 1. The van der Waals surface area contributed by atoms with Gasteiger partial charge in [0.25, 0.3) is 0 Å². The van der Waals surface area contributed by atoms with Crippen molar-refractivity contribution in [3.05, 3.63) is 16.9 Å². The molecular weight excluding hydrogens is 272 g/mol. The monoisotopic (exact) mass is 298 g/mol. The van der Waals surface area contributed by atoms with Crippen LogP contribution in [0.1, 0.15) is 65.5 Å². The van der Waals surface area contributed by atoms with Crippen LogP contribution in [0.3, 0.4) is 0 Å². The van der Waals surface area contributed by atoms with Crippen LogP contribution in [-0.2, 0) is 12.1 Å². The summed E-state index contributed by atoms with van der Waals surface area (Å²) in [5.74, 6) is 0.685. The fraction of sp³-hybridized carbons (Fsp3) is 0.812. The van der Waals surface area contributed by atoms with Gasteiger partial charge in [-0.15, -0.1) is 0 Å². The standard InChI is InChI=1S/C16H27ClN2O/c1-5-15(3,4)12-7-9-16(20,10-8-12)14-13(17)11-18-19(14)6-2/h11-12,20H,5-10H2,1-4H3. The highest BCUT2D eigenvalue weighted by Gasteiger charge is 2.42. The Morgan fingerprint density at radius 2 is 2.00 bits per heavy atom. The minimum atomic E-state index is -0.802. The smallest absolute Gasteiger partial charge is 0.108 e. The molecule has 0 amide bonds. The van der Waals surface area contributed by atoms with Gasteiger partial charge < -0.3 is 5.11 Å². The fourth-order valence-corrected chi connectivity index (χ4v) is 3.78. The van der Waals surface area contributed by atoms with Crippen LogP contribution in [-0.4, -0.2) is 14.9 Å². The Kier molecular flexibility index (Phi) is 4.50. The predicted molar refractivity (Wildman–Crippen MR) is 82.8 cm³/mol. The van der Waals surface area contributed by atoms with Gasteiger partial charge in [-0.25, -0.2) is 0 Å². The summed E-state index contributed by atoms with van der Waals surface area (Å²) >= 11 is 6.26. The van der Waals surface area contributed by atoms with E-state index >= 15 is 0 Å². The van der Waals surface area contributed by atoms with E-state index in [-0.39, 0.29) is 0 Å². The number of hydrogen-bond acceptors (Lipinski definition) is 2. The normalized spacial score (nSPS) is 27.8. The van der Waals surface area contributed by atoms with Crippen molar-refractivity contribution >= 4 is 11.6 Å². The third-order valence-corrected chi connectivity index (χ3v) is 5.64. The van der Waals surface area contributed by atoms with E-state index < -0.39 is 5.60 Å². The average molecular weight is 299 g/mol. The van der Waals surface area contributed by atoms with Crippen molar-refractivity contribution in [1.82, 2.24) is 9.78 Å². The number of rotatable bonds is 4. The summed E-state index contributed by atoms with van der Waals surface area (Å²) in [5.41, 5.74) is 0.370. The summed E-state index contributed by atoms with van der Waals surface area (Å²) in [6.07, 6.45) is 6.52. The minimum Gasteiger partial charge on any atom is -0.384 e. The van der Waals surface area contributed by atoms with Crippen LogP contribution in [0.15, 0.2) is 6.20 Å². The van der Waals surface area contributed by atoms with Gasteiger partial charge in [0.05, 0.1) is 16.9 Å². The molecule has 0 radical (unpaired) electrons. The van der Waals surface area contributed by atoms with Crippen LogP contribution in [0.5, 0.6) is 0 Å². The first kappa shape index (κ1) is 15.8. The lowest BCUT2D eigenvalue weighted by atomic mass is 9.66. The van der Waals surface area contributed by atoms with E-state index in [2.05, 4.69) is 25.9 Å². The summed E-state index contributed by atoms with van der Waals surface area (Å²) in [4.78, 5) is 0. The van der Waals surface area contributed by atoms with Crippen molar-refractivity contribution < 1.29 is 5.11 Å². The molecule has 1 heterocycles. The molecule has 2 rings (SSSR count). The second kappa shape index (κ2) is 5.69. The van der Waals surface area contributed by atoms with E-state index in [1.807, 2.05) is 11.6 Å². The first-order valence-corrected chi connectivity index (χ1v) is 8.16. The second-order valence-electron chi connectivity index (χ2n) is 6.80. The Balaban J connectivity index is 2.18. The Morgan fingerprint density at radius 3 is 2.50 bits per heavy atom. The third-order valence-electron chi connectivity index (χ3n) is 5.36. The lowest BCUT2D eigenvalue weighted by Crippen LogP contribution is -2.38. The number of aryl methyl sites for hydroxylation is 1. The van der Waals surface area contributed by atoms with Crippen LogP contribution in [0.25, 0.3) is 0 Å². The zero-order valence-electron chi connectivity index (χ0n) is 13.1.